The molecule has 6 rings (SSSR count). The number of amides is 1. The van der Waals surface area contributed by atoms with E-state index in [9.17, 15) is 14.7 Å². The molecular formula is C31H28N2O5S. The zero-order valence-corrected chi connectivity index (χ0v) is 23.0. The minimum atomic E-state index is -0.879. The second-order valence-electron chi connectivity index (χ2n) is 10.1. The quantitative estimate of drug-likeness (QED) is 0.183. The van der Waals surface area contributed by atoms with Gasteiger partial charge in [-0.05, 0) is 86.3 Å². The fraction of sp³-hybridized carbons (Fsp3) is 0.258. The second-order valence-corrected chi connectivity index (χ2v) is 11.1. The van der Waals surface area contributed by atoms with Gasteiger partial charge in [0.25, 0.3) is 5.78 Å². The Bertz CT molecular complexity index is 1690. The summed E-state index contributed by atoms with van der Waals surface area (Å²) in [5.41, 5.74) is 4.96. The van der Waals surface area contributed by atoms with Crippen LogP contribution in [0.2, 0.25) is 0 Å². The third-order valence-corrected chi connectivity index (χ3v) is 8.13. The summed E-state index contributed by atoms with van der Waals surface area (Å²) in [6, 6.07) is 15.8. The molecule has 2 aliphatic heterocycles. The van der Waals surface area contributed by atoms with Gasteiger partial charge in [-0.25, -0.2) is 4.98 Å². The van der Waals surface area contributed by atoms with Crippen LogP contribution in [0.4, 0.5) is 5.13 Å². The molecular weight excluding hydrogens is 512 g/mol. The summed E-state index contributed by atoms with van der Waals surface area (Å²) < 4.78 is 12.5. The number of hydrogen-bond donors (Lipinski definition) is 1. The number of aliphatic hydroxyl groups is 1. The predicted molar refractivity (Wildman–Crippen MR) is 152 cm³/mol. The van der Waals surface area contributed by atoms with E-state index in [-0.39, 0.29) is 17.4 Å². The number of nitrogens with zero attached hydrogens (tertiary/aromatic N) is 2. The average Bonchev–Trinajstić information content (AvgIpc) is 3.56. The highest BCUT2D eigenvalue weighted by atomic mass is 32.1. The fourth-order valence-corrected chi connectivity index (χ4v) is 6.64. The highest BCUT2D eigenvalue weighted by molar-refractivity contribution is 7.22. The first-order chi connectivity index (χ1) is 18.7. The molecule has 198 valence electrons. The smallest absolute Gasteiger partial charge is 0.301 e. The lowest BCUT2D eigenvalue weighted by Crippen LogP contribution is -2.29. The highest BCUT2D eigenvalue weighted by Crippen LogP contribution is 2.45. The molecule has 8 heteroatoms. The first kappa shape index (κ1) is 25.1. The number of thiazole rings is 1. The molecule has 3 heterocycles. The van der Waals surface area contributed by atoms with Crippen molar-refractivity contribution < 1.29 is 24.2 Å². The average molecular weight is 541 g/mol. The van der Waals surface area contributed by atoms with Crippen molar-refractivity contribution in [3.8, 4) is 11.5 Å². The summed E-state index contributed by atoms with van der Waals surface area (Å²) in [5, 5.41) is 12.0. The zero-order chi connectivity index (χ0) is 27.4. The molecule has 2 aliphatic rings. The lowest BCUT2D eigenvalue weighted by Gasteiger charge is -2.23. The summed E-state index contributed by atoms with van der Waals surface area (Å²) in [6.45, 7) is 8.34. The lowest BCUT2D eigenvalue weighted by atomic mass is 9.94. The predicted octanol–water partition coefficient (Wildman–Crippen LogP) is 6.26. The molecule has 1 N–H and O–H groups in total. The minimum Gasteiger partial charge on any atom is -0.507 e. The van der Waals surface area contributed by atoms with Gasteiger partial charge in [0.05, 0.1) is 28.4 Å². The molecule has 0 bridgehead atoms. The Morgan fingerprint density at radius 1 is 1.15 bits per heavy atom. The van der Waals surface area contributed by atoms with Gasteiger partial charge in [-0.3, -0.25) is 14.5 Å². The Hall–Kier alpha value is -4.17. The summed E-state index contributed by atoms with van der Waals surface area (Å²) in [6.07, 6.45) is 0.741. The van der Waals surface area contributed by atoms with Gasteiger partial charge in [0.15, 0.2) is 5.13 Å². The van der Waals surface area contributed by atoms with Crippen LogP contribution in [-0.2, 0) is 16.0 Å². The fourth-order valence-electron chi connectivity index (χ4n) is 5.47. The molecule has 1 saturated heterocycles. The number of ketones is 1. The van der Waals surface area contributed by atoms with Crippen molar-refractivity contribution >= 4 is 44.1 Å². The summed E-state index contributed by atoms with van der Waals surface area (Å²) in [5.74, 6) is -0.328. The Morgan fingerprint density at radius 3 is 2.77 bits per heavy atom. The van der Waals surface area contributed by atoms with E-state index in [4.69, 9.17) is 14.5 Å². The van der Waals surface area contributed by atoms with E-state index in [1.807, 2.05) is 64.1 Å². The molecule has 0 radical (unpaired) electrons. The first-order valence-corrected chi connectivity index (χ1v) is 13.8. The summed E-state index contributed by atoms with van der Waals surface area (Å²) in [7, 11) is 0. The number of aryl methyl sites for hydroxylation is 2. The molecule has 4 aromatic rings. The number of ether oxygens (including phenoxy) is 2. The number of carbonyl (C=O) groups is 2. The van der Waals surface area contributed by atoms with Crippen LogP contribution in [0.1, 0.15) is 47.7 Å². The number of anilines is 1. The van der Waals surface area contributed by atoms with E-state index in [1.165, 1.54) is 16.2 Å². The van der Waals surface area contributed by atoms with Gasteiger partial charge in [-0.2, -0.15) is 0 Å². The van der Waals surface area contributed by atoms with Gasteiger partial charge in [0.1, 0.15) is 23.4 Å². The molecule has 1 aromatic heterocycles. The van der Waals surface area contributed by atoms with Crippen LogP contribution >= 0.6 is 11.3 Å². The van der Waals surface area contributed by atoms with Crippen molar-refractivity contribution in [2.75, 3.05) is 11.5 Å². The molecule has 39 heavy (non-hydrogen) atoms. The van der Waals surface area contributed by atoms with Crippen LogP contribution in [0.5, 0.6) is 11.5 Å². The van der Waals surface area contributed by atoms with Gasteiger partial charge in [-0.15, -0.1) is 0 Å². The van der Waals surface area contributed by atoms with Crippen molar-refractivity contribution in [2.24, 2.45) is 0 Å². The number of aliphatic hydroxyl groups excluding tert-OH is 1. The van der Waals surface area contributed by atoms with Crippen molar-refractivity contribution in [3.05, 3.63) is 88.0 Å². The van der Waals surface area contributed by atoms with E-state index in [2.05, 4.69) is 0 Å². The second kappa shape index (κ2) is 9.54. The zero-order valence-electron chi connectivity index (χ0n) is 22.1. The highest BCUT2D eigenvalue weighted by Gasteiger charge is 2.48. The standard InChI is InChI=1S/C31H28N2O5S/c1-5-37-22-8-6-7-19(15-22)27-25(28(34)20-9-10-23-21(14-20)13-18(4)38-23)29(35)30(36)33(27)31-32-26-17(3)11-16(2)12-24(26)39-31/h6-12,14-15,18,27,34H,5,13H2,1-4H3/t18-,27-/m1/s1. The molecule has 0 saturated carbocycles. The maximum absolute atomic E-state index is 13.7. The molecule has 0 unspecified atom stereocenters. The maximum atomic E-state index is 13.7. The molecule has 1 amide bonds. The molecule has 0 spiro atoms. The van der Waals surface area contributed by atoms with Crippen LogP contribution < -0.4 is 14.4 Å². The molecule has 0 aliphatic carbocycles. The van der Waals surface area contributed by atoms with E-state index < -0.39 is 17.7 Å². The molecule has 7 nitrogen and oxygen atoms in total. The van der Waals surface area contributed by atoms with Gasteiger partial charge < -0.3 is 14.6 Å². The topological polar surface area (TPSA) is 89.0 Å². The Labute approximate surface area is 230 Å². The maximum Gasteiger partial charge on any atom is 0.301 e. The monoisotopic (exact) mass is 540 g/mol. The summed E-state index contributed by atoms with van der Waals surface area (Å²) >= 11 is 1.36. The first-order valence-electron chi connectivity index (χ1n) is 13.0. The third kappa shape index (κ3) is 4.25. The van der Waals surface area contributed by atoms with Crippen molar-refractivity contribution in [2.45, 2.75) is 46.3 Å². The van der Waals surface area contributed by atoms with Crippen molar-refractivity contribution in [1.82, 2.24) is 4.98 Å². The number of aromatic nitrogens is 1. The number of hydrogen-bond acceptors (Lipinski definition) is 7. The van der Waals surface area contributed by atoms with E-state index in [0.29, 0.717) is 35.0 Å². The molecule has 1 fully saturated rings. The van der Waals surface area contributed by atoms with Gasteiger partial charge in [0.2, 0.25) is 0 Å². The summed E-state index contributed by atoms with van der Waals surface area (Å²) in [4.78, 5) is 33.5. The van der Waals surface area contributed by atoms with Crippen LogP contribution in [0, 0.1) is 13.8 Å². The van der Waals surface area contributed by atoms with E-state index >= 15 is 0 Å². The van der Waals surface area contributed by atoms with Gasteiger partial charge >= 0.3 is 5.91 Å². The molecule has 2 atom stereocenters. The van der Waals surface area contributed by atoms with E-state index in [0.717, 1.165) is 32.7 Å². The van der Waals surface area contributed by atoms with Crippen molar-refractivity contribution in [1.29, 1.82) is 0 Å². The molecule has 3 aromatic carbocycles. The van der Waals surface area contributed by atoms with Crippen LogP contribution in [0.3, 0.4) is 0 Å². The van der Waals surface area contributed by atoms with Crippen molar-refractivity contribution in [3.63, 3.8) is 0 Å². The number of fused-ring (bicyclic) bond motifs is 2. The van der Waals surface area contributed by atoms with Crippen LogP contribution in [0.25, 0.3) is 16.0 Å². The Morgan fingerprint density at radius 2 is 1.97 bits per heavy atom. The third-order valence-electron chi connectivity index (χ3n) is 7.12. The number of rotatable bonds is 5. The van der Waals surface area contributed by atoms with Gasteiger partial charge in [0, 0.05) is 12.0 Å². The van der Waals surface area contributed by atoms with E-state index in [1.54, 1.807) is 18.2 Å². The number of Topliss-reactive ketones (excluding diaryl/α,β-unsaturated/α-hetero) is 1. The Kier molecular flexibility index (Phi) is 6.14. The normalized spacial score (nSPS) is 19.9. The largest absolute Gasteiger partial charge is 0.507 e. The van der Waals surface area contributed by atoms with Crippen LogP contribution in [-0.4, -0.2) is 34.5 Å². The van der Waals surface area contributed by atoms with Crippen LogP contribution in [0.15, 0.2) is 60.2 Å². The number of benzene rings is 3. The Balaban J connectivity index is 1.55. The SMILES string of the molecule is CCOc1cccc([C@@H]2C(=C(O)c3ccc4c(c3)C[C@@H](C)O4)C(=O)C(=O)N2c2nc3c(C)cc(C)cc3s2)c1. The minimum absolute atomic E-state index is 0.0210. The lowest BCUT2D eigenvalue weighted by molar-refractivity contribution is -0.132. The van der Waals surface area contributed by atoms with Gasteiger partial charge in [-0.1, -0.05) is 29.5 Å². The number of carbonyl (C=O) groups excluding carboxylic acids is 2.